The molecule has 2 N–H and O–H groups in total. The monoisotopic (exact) mass is 543 g/mol. The molecule has 2 amide bonds. The molecule has 0 spiro atoms. The second-order valence-corrected chi connectivity index (χ2v) is 10.6. The van der Waals surface area contributed by atoms with E-state index in [2.05, 4.69) is 10.6 Å². The largest absolute Gasteiger partial charge is 0.495 e. The standard InChI is InChI=1S/C30H29N3O5S/c1-22(23-13-5-3-6-14-23)31-30(35)25-17-9-10-18-26(25)32-29(34)21-33(27-19-11-12-20-28(27)38-2)39(36,37)24-15-7-4-8-16-24/h3-20,22H,21H2,1-2H3,(H,31,35)(H,32,34)/t22-/m1/s1. The summed E-state index contributed by atoms with van der Waals surface area (Å²) >= 11 is 0. The van der Waals surface area contributed by atoms with Gasteiger partial charge in [-0.1, -0.05) is 72.8 Å². The molecule has 4 aromatic rings. The average molecular weight is 544 g/mol. The summed E-state index contributed by atoms with van der Waals surface area (Å²) in [6.07, 6.45) is 0. The first-order valence-corrected chi connectivity index (χ1v) is 13.7. The van der Waals surface area contributed by atoms with Crippen LogP contribution in [0.1, 0.15) is 28.9 Å². The third-order valence-electron chi connectivity index (χ3n) is 6.07. The van der Waals surface area contributed by atoms with Crippen molar-refractivity contribution in [1.29, 1.82) is 0 Å². The van der Waals surface area contributed by atoms with E-state index in [9.17, 15) is 18.0 Å². The number of rotatable bonds is 10. The molecule has 1 atom stereocenters. The van der Waals surface area contributed by atoms with Crippen molar-refractivity contribution in [2.75, 3.05) is 23.3 Å². The van der Waals surface area contributed by atoms with Crippen LogP contribution in [-0.4, -0.2) is 33.9 Å². The van der Waals surface area contributed by atoms with E-state index in [0.29, 0.717) is 5.75 Å². The molecule has 4 aromatic carbocycles. The van der Waals surface area contributed by atoms with E-state index in [1.807, 2.05) is 37.3 Å². The van der Waals surface area contributed by atoms with Gasteiger partial charge >= 0.3 is 0 Å². The van der Waals surface area contributed by atoms with E-state index in [-0.39, 0.29) is 33.8 Å². The van der Waals surface area contributed by atoms with Crippen molar-refractivity contribution in [1.82, 2.24) is 5.32 Å². The van der Waals surface area contributed by atoms with Crippen LogP contribution < -0.4 is 19.7 Å². The first-order chi connectivity index (χ1) is 18.8. The summed E-state index contributed by atoms with van der Waals surface area (Å²) in [4.78, 5) is 26.4. The number of nitrogens with one attached hydrogen (secondary N) is 2. The van der Waals surface area contributed by atoms with E-state index < -0.39 is 22.5 Å². The van der Waals surface area contributed by atoms with Crippen LogP contribution in [-0.2, 0) is 14.8 Å². The van der Waals surface area contributed by atoms with Gasteiger partial charge in [-0.2, -0.15) is 0 Å². The molecular formula is C30H29N3O5S. The summed E-state index contributed by atoms with van der Waals surface area (Å²) in [5, 5.41) is 5.66. The Balaban J connectivity index is 1.60. The molecular weight excluding hydrogens is 514 g/mol. The highest BCUT2D eigenvalue weighted by molar-refractivity contribution is 7.92. The maximum absolute atomic E-state index is 13.6. The van der Waals surface area contributed by atoms with Gasteiger partial charge in [0.25, 0.3) is 15.9 Å². The number of hydrogen-bond acceptors (Lipinski definition) is 5. The number of benzene rings is 4. The first-order valence-electron chi connectivity index (χ1n) is 12.3. The third-order valence-corrected chi connectivity index (χ3v) is 7.84. The number of ether oxygens (including phenoxy) is 1. The van der Waals surface area contributed by atoms with Gasteiger partial charge in [0.15, 0.2) is 0 Å². The fourth-order valence-corrected chi connectivity index (χ4v) is 5.52. The molecule has 0 unspecified atom stereocenters. The number of anilines is 2. The normalized spacial score (nSPS) is 11.7. The van der Waals surface area contributed by atoms with E-state index in [1.54, 1.807) is 66.7 Å². The minimum Gasteiger partial charge on any atom is -0.495 e. The summed E-state index contributed by atoms with van der Waals surface area (Å²) in [5.41, 5.74) is 1.66. The summed E-state index contributed by atoms with van der Waals surface area (Å²) < 4.78 is 33.7. The smallest absolute Gasteiger partial charge is 0.264 e. The lowest BCUT2D eigenvalue weighted by Gasteiger charge is -2.25. The second-order valence-electron chi connectivity index (χ2n) is 8.70. The fourth-order valence-electron chi connectivity index (χ4n) is 4.06. The van der Waals surface area contributed by atoms with Crippen LogP contribution >= 0.6 is 0 Å². The number of carbonyl (C=O) groups is 2. The molecule has 0 aromatic heterocycles. The van der Waals surface area contributed by atoms with E-state index in [4.69, 9.17) is 4.74 Å². The lowest BCUT2D eigenvalue weighted by Crippen LogP contribution is -2.38. The lowest BCUT2D eigenvalue weighted by atomic mass is 10.1. The molecule has 0 bridgehead atoms. The molecule has 0 aliphatic rings. The molecule has 39 heavy (non-hydrogen) atoms. The van der Waals surface area contributed by atoms with Crippen molar-refractivity contribution in [3.8, 4) is 5.75 Å². The van der Waals surface area contributed by atoms with Crippen LogP contribution in [0.5, 0.6) is 5.75 Å². The van der Waals surface area contributed by atoms with Gasteiger partial charge < -0.3 is 15.4 Å². The van der Waals surface area contributed by atoms with Gasteiger partial charge in [-0.15, -0.1) is 0 Å². The predicted molar refractivity (Wildman–Crippen MR) is 151 cm³/mol. The molecule has 0 radical (unpaired) electrons. The van der Waals surface area contributed by atoms with Crippen molar-refractivity contribution in [2.24, 2.45) is 0 Å². The number of methoxy groups -OCH3 is 1. The third kappa shape index (κ3) is 6.45. The summed E-state index contributed by atoms with van der Waals surface area (Å²) in [5.74, 6) is -0.711. The summed E-state index contributed by atoms with van der Waals surface area (Å²) in [7, 11) is -2.71. The minimum absolute atomic E-state index is 0.0263. The van der Waals surface area contributed by atoms with Gasteiger partial charge in [-0.25, -0.2) is 8.42 Å². The minimum atomic E-state index is -4.13. The highest BCUT2D eigenvalue weighted by Crippen LogP contribution is 2.32. The Morgan fingerprint density at radius 1 is 0.821 bits per heavy atom. The van der Waals surface area contributed by atoms with Gasteiger partial charge in [-0.3, -0.25) is 13.9 Å². The molecule has 9 heteroatoms. The molecule has 0 heterocycles. The van der Waals surface area contributed by atoms with E-state index in [1.165, 1.54) is 19.2 Å². The second kappa shape index (κ2) is 12.3. The zero-order chi connectivity index (χ0) is 27.8. The van der Waals surface area contributed by atoms with Crippen molar-refractivity contribution in [3.63, 3.8) is 0 Å². The van der Waals surface area contributed by atoms with Crippen molar-refractivity contribution >= 4 is 33.2 Å². The van der Waals surface area contributed by atoms with Crippen LogP contribution in [0.3, 0.4) is 0 Å². The van der Waals surface area contributed by atoms with E-state index in [0.717, 1.165) is 9.87 Å². The molecule has 4 rings (SSSR count). The Labute approximate surface area is 228 Å². The maximum atomic E-state index is 13.6. The van der Waals surface area contributed by atoms with Crippen molar-refractivity contribution in [3.05, 3.63) is 120 Å². The number of nitrogens with zero attached hydrogens (tertiary/aromatic N) is 1. The van der Waals surface area contributed by atoms with Gasteiger partial charge in [0.1, 0.15) is 12.3 Å². The van der Waals surface area contributed by atoms with Crippen molar-refractivity contribution < 1.29 is 22.7 Å². The predicted octanol–water partition coefficient (Wildman–Crippen LogP) is 5.02. The number of hydrogen-bond donors (Lipinski definition) is 2. The van der Waals surface area contributed by atoms with Crippen LogP contribution in [0, 0.1) is 0 Å². The van der Waals surface area contributed by atoms with Gasteiger partial charge in [0.2, 0.25) is 5.91 Å². The summed E-state index contributed by atoms with van der Waals surface area (Å²) in [6, 6.07) is 30.2. The zero-order valence-corrected chi connectivity index (χ0v) is 22.4. The Bertz CT molecular complexity index is 1540. The van der Waals surface area contributed by atoms with Gasteiger partial charge in [0.05, 0.1) is 35.0 Å². The first kappa shape index (κ1) is 27.4. The zero-order valence-electron chi connectivity index (χ0n) is 21.6. The SMILES string of the molecule is COc1ccccc1N(CC(=O)Nc1ccccc1C(=O)N[C@H](C)c1ccccc1)S(=O)(=O)c1ccccc1. The maximum Gasteiger partial charge on any atom is 0.264 e. The molecule has 0 fully saturated rings. The van der Waals surface area contributed by atoms with E-state index >= 15 is 0 Å². The highest BCUT2D eigenvalue weighted by atomic mass is 32.2. The molecule has 200 valence electrons. The molecule has 0 aliphatic carbocycles. The Kier molecular flexibility index (Phi) is 8.63. The Morgan fingerprint density at radius 2 is 1.41 bits per heavy atom. The van der Waals surface area contributed by atoms with Crippen LogP contribution in [0.15, 0.2) is 114 Å². The quantitative estimate of drug-likeness (QED) is 0.292. The molecule has 0 aliphatic heterocycles. The van der Waals surface area contributed by atoms with Crippen LogP contribution in [0.2, 0.25) is 0 Å². The topological polar surface area (TPSA) is 105 Å². The van der Waals surface area contributed by atoms with Gasteiger partial charge in [0, 0.05) is 0 Å². The lowest BCUT2D eigenvalue weighted by molar-refractivity contribution is -0.114. The van der Waals surface area contributed by atoms with Crippen LogP contribution in [0.25, 0.3) is 0 Å². The van der Waals surface area contributed by atoms with Crippen LogP contribution in [0.4, 0.5) is 11.4 Å². The number of carbonyl (C=O) groups excluding carboxylic acids is 2. The van der Waals surface area contributed by atoms with Gasteiger partial charge in [-0.05, 0) is 48.9 Å². The van der Waals surface area contributed by atoms with Crippen molar-refractivity contribution in [2.45, 2.75) is 17.9 Å². The average Bonchev–Trinajstić information content (AvgIpc) is 2.97. The Morgan fingerprint density at radius 3 is 2.10 bits per heavy atom. The summed E-state index contributed by atoms with van der Waals surface area (Å²) in [6.45, 7) is 1.32. The Hall–Kier alpha value is -4.63. The molecule has 8 nitrogen and oxygen atoms in total. The number of sulfonamides is 1. The number of amides is 2. The number of para-hydroxylation sites is 3. The molecule has 0 saturated heterocycles. The highest BCUT2D eigenvalue weighted by Gasteiger charge is 2.29. The molecule has 0 saturated carbocycles. The fraction of sp³-hybridized carbons (Fsp3) is 0.133.